The van der Waals surface area contributed by atoms with Crippen LogP contribution in [0.2, 0.25) is 5.02 Å². The third-order valence-electron chi connectivity index (χ3n) is 4.43. The van der Waals surface area contributed by atoms with Crippen molar-refractivity contribution in [2.24, 2.45) is 5.73 Å². The van der Waals surface area contributed by atoms with Crippen molar-refractivity contribution in [3.63, 3.8) is 0 Å². The Bertz CT molecular complexity index is 535. The van der Waals surface area contributed by atoms with Crippen LogP contribution < -0.4 is 11.1 Å². The highest BCUT2D eigenvalue weighted by molar-refractivity contribution is 7.99. The van der Waals surface area contributed by atoms with E-state index >= 15 is 0 Å². The third kappa shape index (κ3) is 3.55. The number of benzene rings is 1. The number of amides is 1. The van der Waals surface area contributed by atoms with E-state index in [-0.39, 0.29) is 5.91 Å². The standard InChI is InChI=1S/C16H21ClN2OS/c17-14-4-2-1-3-11(14)10-21-13-7-8-16(9-13,15(18)20)19-12-5-6-12/h1-4,12-13,19H,5-10H2,(H2,18,20). The van der Waals surface area contributed by atoms with E-state index in [1.54, 1.807) is 0 Å². The average Bonchev–Trinajstić information content (AvgIpc) is 3.16. The van der Waals surface area contributed by atoms with E-state index < -0.39 is 5.54 Å². The molecule has 2 aliphatic carbocycles. The summed E-state index contributed by atoms with van der Waals surface area (Å²) in [4.78, 5) is 11.9. The van der Waals surface area contributed by atoms with Crippen LogP contribution in [-0.4, -0.2) is 22.7 Å². The Balaban J connectivity index is 1.58. The van der Waals surface area contributed by atoms with Gasteiger partial charge in [0.1, 0.15) is 0 Å². The van der Waals surface area contributed by atoms with E-state index in [2.05, 4.69) is 11.4 Å². The van der Waals surface area contributed by atoms with Gasteiger partial charge in [-0.15, -0.1) is 0 Å². The summed E-state index contributed by atoms with van der Waals surface area (Å²) in [5.41, 5.74) is 6.36. The van der Waals surface area contributed by atoms with Gasteiger partial charge in [0.15, 0.2) is 0 Å². The zero-order valence-electron chi connectivity index (χ0n) is 12.0. The third-order valence-corrected chi connectivity index (χ3v) is 6.15. The van der Waals surface area contributed by atoms with Gasteiger partial charge in [-0.1, -0.05) is 29.8 Å². The van der Waals surface area contributed by atoms with Crippen LogP contribution in [0.3, 0.4) is 0 Å². The number of nitrogens with two attached hydrogens (primary N) is 1. The fourth-order valence-electron chi connectivity index (χ4n) is 3.01. The first-order chi connectivity index (χ1) is 10.1. The van der Waals surface area contributed by atoms with Gasteiger partial charge in [0, 0.05) is 22.1 Å². The summed E-state index contributed by atoms with van der Waals surface area (Å²) in [6.45, 7) is 0. The van der Waals surface area contributed by atoms with E-state index in [0.717, 1.165) is 35.6 Å². The Hall–Kier alpha value is -0.710. The summed E-state index contributed by atoms with van der Waals surface area (Å²) < 4.78 is 0. The number of carbonyl (C=O) groups is 1. The quantitative estimate of drug-likeness (QED) is 0.845. The number of rotatable bonds is 6. The summed E-state index contributed by atoms with van der Waals surface area (Å²) >= 11 is 8.08. The lowest BCUT2D eigenvalue weighted by molar-refractivity contribution is -0.124. The van der Waals surface area contributed by atoms with E-state index in [9.17, 15) is 4.79 Å². The molecule has 1 aromatic carbocycles. The summed E-state index contributed by atoms with van der Waals surface area (Å²) in [6.07, 6.45) is 5.09. The molecule has 21 heavy (non-hydrogen) atoms. The van der Waals surface area contributed by atoms with E-state index in [1.807, 2.05) is 30.0 Å². The van der Waals surface area contributed by atoms with Crippen molar-refractivity contribution in [1.29, 1.82) is 0 Å². The van der Waals surface area contributed by atoms with E-state index in [4.69, 9.17) is 17.3 Å². The van der Waals surface area contributed by atoms with Crippen LogP contribution in [0, 0.1) is 0 Å². The minimum Gasteiger partial charge on any atom is -0.368 e. The number of nitrogens with one attached hydrogen (secondary N) is 1. The Morgan fingerprint density at radius 2 is 2.14 bits per heavy atom. The molecule has 2 atom stereocenters. The Morgan fingerprint density at radius 3 is 2.81 bits per heavy atom. The van der Waals surface area contributed by atoms with Gasteiger partial charge in [-0.2, -0.15) is 11.8 Å². The minimum absolute atomic E-state index is 0.185. The van der Waals surface area contributed by atoms with Crippen LogP contribution >= 0.6 is 23.4 Å². The van der Waals surface area contributed by atoms with Crippen molar-refractivity contribution in [3.8, 4) is 0 Å². The highest BCUT2D eigenvalue weighted by Gasteiger charge is 2.46. The molecule has 2 aliphatic rings. The maximum Gasteiger partial charge on any atom is 0.237 e. The summed E-state index contributed by atoms with van der Waals surface area (Å²) in [6, 6.07) is 8.45. The lowest BCUT2D eigenvalue weighted by Gasteiger charge is -2.27. The Morgan fingerprint density at radius 1 is 1.38 bits per heavy atom. The largest absolute Gasteiger partial charge is 0.368 e. The molecular formula is C16H21ClN2OS. The van der Waals surface area contributed by atoms with Crippen molar-refractivity contribution in [3.05, 3.63) is 34.9 Å². The first kappa shape index (κ1) is 15.2. The fourth-order valence-corrected chi connectivity index (χ4v) is 4.65. The lowest BCUT2D eigenvalue weighted by atomic mass is 9.96. The van der Waals surface area contributed by atoms with Gasteiger partial charge in [0.05, 0.1) is 5.54 Å². The van der Waals surface area contributed by atoms with Crippen molar-refractivity contribution in [2.75, 3.05) is 0 Å². The minimum atomic E-state index is -0.473. The molecule has 0 radical (unpaired) electrons. The van der Waals surface area contributed by atoms with Crippen molar-refractivity contribution in [2.45, 2.75) is 54.7 Å². The number of hydrogen-bond acceptors (Lipinski definition) is 3. The molecule has 0 saturated heterocycles. The van der Waals surface area contributed by atoms with Crippen molar-refractivity contribution in [1.82, 2.24) is 5.32 Å². The fraction of sp³-hybridized carbons (Fsp3) is 0.562. The Labute approximate surface area is 135 Å². The highest BCUT2D eigenvalue weighted by atomic mass is 35.5. The zero-order chi connectivity index (χ0) is 14.9. The monoisotopic (exact) mass is 324 g/mol. The van der Waals surface area contributed by atoms with E-state index in [0.29, 0.717) is 11.3 Å². The van der Waals surface area contributed by atoms with Gasteiger partial charge in [-0.25, -0.2) is 0 Å². The lowest BCUT2D eigenvalue weighted by Crippen LogP contribution is -2.54. The van der Waals surface area contributed by atoms with Crippen LogP contribution in [0.5, 0.6) is 0 Å². The first-order valence-corrected chi connectivity index (χ1v) is 8.94. The molecule has 0 spiro atoms. The molecular weight excluding hydrogens is 304 g/mol. The first-order valence-electron chi connectivity index (χ1n) is 7.52. The van der Waals surface area contributed by atoms with Crippen molar-refractivity contribution < 1.29 is 4.79 Å². The predicted octanol–water partition coefficient (Wildman–Crippen LogP) is 3.10. The number of carbonyl (C=O) groups excluding carboxylic acids is 1. The van der Waals surface area contributed by atoms with Crippen LogP contribution in [0.4, 0.5) is 0 Å². The second kappa shape index (κ2) is 6.19. The molecule has 0 bridgehead atoms. The maximum atomic E-state index is 11.9. The SMILES string of the molecule is NC(=O)C1(NC2CC2)CCC(SCc2ccccc2Cl)C1. The van der Waals surface area contributed by atoms with Gasteiger partial charge in [0.25, 0.3) is 0 Å². The number of primary amides is 1. The summed E-state index contributed by atoms with van der Waals surface area (Å²) in [7, 11) is 0. The van der Waals surface area contributed by atoms with Crippen molar-refractivity contribution >= 4 is 29.3 Å². The zero-order valence-corrected chi connectivity index (χ0v) is 13.6. The maximum absolute atomic E-state index is 11.9. The molecule has 3 N–H and O–H groups in total. The average molecular weight is 325 g/mol. The van der Waals surface area contributed by atoms with Crippen LogP contribution in [0.1, 0.15) is 37.7 Å². The van der Waals surface area contributed by atoms with Gasteiger partial charge < -0.3 is 11.1 Å². The summed E-state index contributed by atoms with van der Waals surface area (Å²) in [5.74, 6) is 0.707. The van der Waals surface area contributed by atoms with Crippen LogP contribution in [-0.2, 0) is 10.5 Å². The molecule has 1 amide bonds. The molecule has 2 saturated carbocycles. The molecule has 3 nitrogen and oxygen atoms in total. The number of hydrogen-bond donors (Lipinski definition) is 2. The predicted molar refractivity (Wildman–Crippen MR) is 88.5 cm³/mol. The van der Waals surface area contributed by atoms with Crippen LogP contribution in [0.25, 0.3) is 0 Å². The van der Waals surface area contributed by atoms with Gasteiger partial charge in [0.2, 0.25) is 5.91 Å². The van der Waals surface area contributed by atoms with Gasteiger partial charge in [-0.05, 0) is 43.7 Å². The smallest absolute Gasteiger partial charge is 0.237 e. The normalized spacial score (nSPS) is 28.7. The van der Waals surface area contributed by atoms with Gasteiger partial charge >= 0.3 is 0 Å². The second-order valence-corrected chi connectivity index (χ2v) is 7.83. The topological polar surface area (TPSA) is 55.1 Å². The number of halogens is 1. The molecule has 2 unspecified atom stereocenters. The molecule has 2 fully saturated rings. The number of thioether (sulfide) groups is 1. The molecule has 114 valence electrons. The molecule has 0 heterocycles. The second-order valence-electron chi connectivity index (χ2n) is 6.13. The Kier molecular flexibility index (Phi) is 4.48. The van der Waals surface area contributed by atoms with Gasteiger partial charge in [-0.3, -0.25) is 4.79 Å². The molecule has 1 aromatic rings. The molecule has 3 rings (SSSR count). The van der Waals surface area contributed by atoms with Crippen LogP contribution in [0.15, 0.2) is 24.3 Å². The highest BCUT2D eigenvalue weighted by Crippen LogP contribution is 2.40. The van der Waals surface area contributed by atoms with E-state index in [1.165, 1.54) is 12.8 Å². The summed E-state index contributed by atoms with van der Waals surface area (Å²) in [5, 5.41) is 4.78. The molecule has 0 aliphatic heterocycles. The molecule has 0 aromatic heterocycles. The molecule has 5 heteroatoms.